The van der Waals surface area contributed by atoms with Gasteiger partial charge in [0.05, 0.1) is 19.3 Å². The molecule has 0 saturated carbocycles. The molecule has 0 aromatic carbocycles. The topological polar surface area (TPSA) is 46.2 Å². The lowest BCUT2D eigenvalue weighted by molar-refractivity contribution is -0.146. The van der Waals surface area contributed by atoms with Crippen LogP contribution in [-0.4, -0.2) is 54.5 Å². The second-order valence-electron chi connectivity index (χ2n) is 5.20. The molecule has 0 aromatic rings. The maximum absolute atomic E-state index is 5.82. The van der Waals surface area contributed by atoms with Crippen LogP contribution in [0.3, 0.4) is 0 Å². The lowest BCUT2D eigenvalue weighted by atomic mass is 9.96. The monoisotopic (exact) mass is 320 g/mol. The Labute approximate surface area is 130 Å². The molecule has 0 aliphatic carbocycles. The molecule has 0 aromatic heterocycles. The molecule has 2 unspecified atom stereocenters. The van der Waals surface area contributed by atoms with E-state index >= 15 is 0 Å². The highest BCUT2D eigenvalue weighted by atomic mass is 28.4. The fourth-order valence-corrected chi connectivity index (χ4v) is 5.10. The van der Waals surface area contributed by atoms with E-state index in [9.17, 15) is 0 Å². The van der Waals surface area contributed by atoms with Gasteiger partial charge in [0.2, 0.25) is 0 Å². The van der Waals surface area contributed by atoms with Crippen LogP contribution in [0, 0.1) is 5.92 Å². The number of rotatable bonds is 13. The molecule has 5 nitrogen and oxygen atoms in total. The lowest BCUT2D eigenvalue weighted by Gasteiger charge is -2.36. The van der Waals surface area contributed by atoms with Crippen LogP contribution < -0.4 is 0 Å². The third kappa shape index (κ3) is 6.34. The minimum Gasteiger partial charge on any atom is -0.379 e. The number of hydrogen-bond acceptors (Lipinski definition) is 5. The van der Waals surface area contributed by atoms with Crippen LogP contribution in [0.5, 0.6) is 0 Å². The normalized spacial score (nSPS) is 22.3. The first kappa shape index (κ1) is 19.1. The van der Waals surface area contributed by atoms with Crippen LogP contribution in [0.4, 0.5) is 0 Å². The van der Waals surface area contributed by atoms with E-state index in [0.29, 0.717) is 45.1 Å². The number of ether oxygens (including phenoxy) is 2. The molecule has 0 radical (unpaired) electrons. The van der Waals surface area contributed by atoms with Crippen molar-refractivity contribution >= 4 is 8.80 Å². The Morgan fingerprint density at radius 3 is 2.05 bits per heavy atom. The van der Waals surface area contributed by atoms with Crippen LogP contribution in [0.1, 0.15) is 40.5 Å². The van der Waals surface area contributed by atoms with Crippen LogP contribution >= 0.6 is 0 Å². The van der Waals surface area contributed by atoms with E-state index in [1.165, 1.54) is 6.42 Å². The summed E-state index contributed by atoms with van der Waals surface area (Å²) < 4.78 is 28.7. The van der Waals surface area contributed by atoms with Gasteiger partial charge in [0, 0.05) is 38.4 Å². The molecule has 21 heavy (non-hydrogen) atoms. The maximum atomic E-state index is 5.82. The summed E-state index contributed by atoms with van der Waals surface area (Å²) in [5.74, 6) is 0.675. The standard InChI is InChI=1S/C15H32O5Si/c1-5-14-12-17-15(14)13-16-10-9-11-21(18-6-2,19-7-3)20-8-4/h14-15H,5-13H2,1-4H3. The first-order valence-electron chi connectivity index (χ1n) is 8.32. The minimum absolute atomic E-state index is 0.294. The Kier molecular flexibility index (Phi) is 9.71. The Morgan fingerprint density at radius 2 is 1.62 bits per heavy atom. The second kappa shape index (κ2) is 10.7. The van der Waals surface area contributed by atoms with Gasteiger partial charge in [-0.05, 0) is 33.6 Å². The highest BCUT2D eigenvalue weighted by Crippen LogP contribution is 2.24. The van der Waals surface area contributed by atoms with E-state index in [0.717, 1.165) is 19.1 Å². The summed E-state index contributed by atoms with van der Waals surface area (Å²) >= 11 is 0. The molecule has 126 valence electrons. The molecule has 1 heterocycles. The SMILES string of the molecule is CCO[Si](CCCOCC1OCC1CC)(OCC)OCC. The van der Waals surface area contributed by atoms with Crippen molar-refractivity contribution < 1.29 is 22.8 Å². The maximum Gasteiger partial charge on any atom is 0.501 e. The van der Waals surface area contributed by atoms with Crippen molar-refractivity contribution in [1.29, 1.82) is 0 Å². The van der Waals surface area contributed by atoms with Crippen molar-refractivity contribution in [2.75, 3.05) is 39.6 Å². The van der Waals surface area contributed by atoms with Gasteiger partial charge in [-0.3, -0.25) is 0 Å². The summed E-state index contributed by atoms with van der Waals surface area (Å²) in [6.45, 7) is 12.3. The molecule has 0 spiro atoms. The van der Waals surface area contributed by atoms with Crippen molar-refractivity contribution in [3.05, 3.63) is 0 Å². The molecular weight excluding hydrogens is 288 g/mol. The molecule has 1 rings (SSSR count). The molecular formula is C15H32O5Si. The zero-order chi connectivity index (χ0) is 15.6. The molecule has 1 saturated heterocycles. The Bertz CT molecular complexity index is 245. The smallest absolute Gasteiger partial charge is 0.379 e. The van der Waals surface area contributed by atoms with Crippen LogP contribution in [0.25, 0.3) is 0 Å². The molecule has 0 amide bonds. The lowest BCUT2D eigenvalue weighted by Crippen LogP contribution is -2.46. The summed E-state index contributed by atoms with van der Waals surface area (Å²) in [6, 6.07) is 0.811. The summed E-state index contributed by atoms with van der Waals surface area (Å²) in [7, 11) is -2.50. The quantitative estimate of drug-likeness (QED) is 0.386. The Hall–Kier alpha value is 0.0169. The van der Waals surface area contributed by atoms with Crippen LogP contribution in [-0.2, 0) is 22.8 Å². The Morgan fingerprint density at radius 1 is 1.00 bits per heavy atom. The fourth-order valence-electron chi connectivity index (χ4n) is 2.52. The highest BCUT2D eigenvalue weighted by molar-refractivity contribution is 6.60. The van der Waals surface area contributed by atoms with E-state index in [-0.39, 0.29) is 0 Å². The van der Waals surface area contributed by atoms with Gasteiger partial charge in [-0.15, -0.1) is 0 Å². The van der Waals surface area contributed by atoms with Gasteiger partial charge in [0.1, 0.15) is 0 Å². The van der Waals surface area contributed by atoms with Crippen molar-refractivity contribution in [3.63, 3.8) is 0 Å². The summed E-state index contributed by atoms with van der Waals surface area (Å²) in [5.41, 5.74) is 0. The van der Waals surface area contributed by atoms with Crippen LogP contribution in [0.2, 0.25) is 6.04 Å². The third-order valence-corrected chi connectivity index (χ3v) is 6.87. The van der Waals surface area contributed by atoms with Crippen molar-refractivity contribution in [3.8, 4) is 0 Å². The molecule has 0 bridgehead atoms. The largest absolute Gasteiger partial charge is 0.501 e. The van der Waals surface area contributed by atoms with Gasteiger partial charge in [-0.2, -0.15) is 0 Å². The fraction of sp³-hybridized carbons (Fsp3) is 1.00. The summed E-state index contributed by atoms with van der Waals surface area (Å²) in [6.07, 6.45) is 2.36. The zero-order valence-electron chi connectivity index (χ0n) is 14.1. The van der Waals surface area contributed by atoms with E-state index in [2.05, 4.69) is 6.92 Å². The van der Waals surface area contributed by atoms with Gasteiger partial charge in [-0.25, -0.2) is 0 Å². The second-order valence-corrected chi connectivity index (χ2v) is 7.93. The van der Waals surface area contributed by atoms with E-state index in [4.69, 9.17) is 22.8 Å². The third-order valence-electron chi connectivity index (χ3n) is 3.72. The van der Waals surface area contributed by atoms with Crippen molar-refractivity contribution in [1.82, 2.24) is 0 Å². The van der Waals surface area contributed by atoms with Gasteiger partial charge in [-0.1, -0.05) is 6.92 Å². The van der Waals surface area contributed by atoms with Crippen LogP contribution in [0.15, 0.2) is 0 Å². The highest BCUT2D eigenvalue weighted by Gasteiger charge is 2.39. The predicted octanol–water partition coefficient (Wildman–Crippen LogP) is 2.87. The molecule has 0 N–H and O–H groups in total. The van der Waals surface area contributed by atoms with Crippen molar-refractivity contribution in [2.45, 2.75) is 52.7 Å². The molecule has 2 atom stereocenters. The van der Waals surface area contributed by atoms with E-state index in [1.54, 1.807) is 0 Å². The molecule has 1 fully saturated rings. The minimum atomic E-state index is -2.50. The van der Waals surface area contributed by atoms with E-state index in [1.807, 2.05) is 20.8 Å². The zero-order valence-corrected chi connectivity index (χ0v) is 15.1. The Balaban J connectivity index is 2.22. The van der Waals surface area contributed by atoms with E-state index < -0.39 is 8.80 Å². The van der Waals surface area contributed by atoms with Gasteiger partial charge in [0.15, 0.2) is 0 Å². The predicted molar refractivity (Wildman–Crippen MR) is 84.4 cm³/mol. The molecule has 1 aliphatic heterocycles. The first-order valence-corrected chi connectivity index (χ1v) is 10.3. The summed E-state index contributed by atoms with van der Waals surface area (Å²) in [4.78, 5) is 0. The number of hydrogen-bond donors (Lipinski definition) is 0. The molecule has 6 heteroatoms. The van der Waals surface area contributed by atoms with Crippen molar-refractivity contribution in [2.24, 2.45) is 5.92 Å². The average molecular weight is 321 g/mol. The average Bonchev–Trinajstić information content (AvgIpc) is 2.43. The summed E-state index contributed by atoms with van der Waals surface area (Å²) in [5, 5.41) is 0. The molecule has 1 aliphatic rings. The first-order chi connectivity index (χ1) is 10.2. The van der Waals surface area contributed by atoms with Gasteiger partial charge >= 0.3 is 8.80 Å². The van der Waals surface area contributed by atoms with Gasteiger partial charge < -0.3 is 22.8 Å². The van der Waals surface area contributed by atoms with Gasteiger partial charge in [0.25, 0.3) is 0 Å².